The fourth-order valence-electron chi connectivity index (χ4n) is 3.30. The highest BCUT2D eigenvalue weighted by Crippen LogP contribution is 2.24. The van der Waals surface area contributed by atoms with E-state index in [4.69, 9.17) is 0 Å². The molecule has 2 aliphatic rings. The Balaban J connectivity index is 1.62. The minimum atomic E-state index is -3.05. The Bertz CT molecular complexity index is 586. The average molecular weight is 323 g/mol. The second-order valence-corrected chi connectivity index (χ2v) is 8.20. The number of anilines is 2. The van der Waals surface area contributed by atoms with Gasteiger partial charge in [0.05, 0.1) is 6.26 Å². The Morgan fingerprint density at radius 3 is 1.64 bits per heavy atom. The highest BCUT2D eigenvalue weighted by Gasteiger charge is 2.23. The van der Waals surface area contributed by atoms with Crippen LogP contribution in [0.4, 0.5) is 11.4 Å². The lowest BCUT2D eigenvalue weighted by Gasteiger charge is -2.35. The number of hydrogen-bond acceptors (Lipinski definition) is 4. The van der Waals surface area contributed by atoms with E-state index < -0.39 is 10.0 Å². The number of rotatable bonds is 3. The van der Waals surface area contributed by atoms with E-state index in [1.165, 1.54) is 36.9 Å². The molecule has 122 valence electrons. The van der Waals surface area contributed by atoms with Crippen LogP contribution in [-0.2, 0) is 10.0 Å². The van der Waals surface area contributed by atoms with Crippen molar-refractivity contribution < 1.29 is 8.42 Å². The smallest absolute Gasteiger partial charge is 0.211 e. The second kappa shape index (κ2) is 6.46. The van der Waals surface area contributed by atoms with E-state index in [-0.39, 0.29) is 0 Å². The van der Waals surface area contributed by atoms with Crippen LogP contribution in [0.3, 0.4) is 0 Å². The predicted octanol–water partition coefficient (Wildman–Crippen LogP) is 1.76. The zero-order valence-electron chi connectivity index (χ0n) is 13.2. The average Bonchev–Trinajstić information content (AvgIpc) is 2.55. The molecule has 1 aromatic carbocycles. The molecule has 0 spiro atoms. The van der Waals surface area contributed by atoms with Gasteiger partial charge in [-0.3, -0.25) is 0 Å². The SMILES string of the molecule is CS(=O)(=O)N1CCN(c2ccc(N3CCCCC3)cc2)CC1. The Labute approximate surface area is 133 Å². The molecular weight excluding hydrogens is 298 g/mol. The summed E-state index contributed by atoms with van der Waals surface area (Å²) in [6.45, 7) is 4.99. The van der Waals surface area contributed by atoms with Crippen LogP contribution in [0.5, 0.6) is 0 Å². The second-order valence-electron chi connectivity index (χ2n) is 6.21. The predicted molar refractivity (Wildman–Crippen MR) is 91.1 cm³/mol. The zero-order chi connectivity index (χ0) is 15.6. The Morgan fingerprint density at radius 2 is 1.18 bits per heavy atom. The Kier molecular flexibility index (Phi) is 4.59. The van der Waals surface area contributed by atoms with Crippen LogP contribution >= 0.6 is 0 Å². The summed E-state index contributed by atoms with van der Waals surface area (Å²) in [7, 11) is -3.05. The number of hydrogen-bond donors (Lipinski definition) is 0. The first kappa shape index (κ1) is 15.6. The minimum absolute atomic E-state index is 0.576. The highest BCUT2D eigenvalue weighted by molar-refractivity contribution is 7.88. The molecule has 5 nitrogen and oxygen atoms in total. The van der Waals surface area contributed by atoms with Crippen molar-refractivity contribution in [2.24, 2.45) is 0 Å². The molecule has 0 unspecified atom stereocenters. The van der Waals surface area contributed by atoms with E-state index in [2.05, 4.69) is 34.1 Å². The number of piperidine rings is 1. The molecule has 0 saturated carbocycles. The van der Waals surface area contributed by atoms with Crippen LogP contribution in [-0.4, -0.2) is 58.2 Å². The quantitative estimate of drug-likeness (QED) is 0.850. The monoisotopic (exact) mass is 323 g/mol. The summed E-state index contributed by atoms with van der Waals surface area (Å²) < 4.78 is 24.7. The van der Waals surface area contributed by atoms with Crippen LogP contribution in [0.15, 0.2) is 24.3 Å². The first-order chi connectivity index (χ1) is 10.5. The topological polar surface area (TPSA) is 43.9 Å². The lowest BCUT2D eigenvalue weighted by atomic mass is 10.1. The largest absolute Gasteiger partial charge is 0.372 e. The van der Waals surface area contributed by atoms with Crippen LogP contribution in [0.1, 0.15) is 19.3 Å². The van der Waals surface area contributed by atoms with Gasteiger partial charge in [0.15, 0.2) is 0 Å². The first-order valence-electron chi connectivity index (χ1n) is 8.09. The molecule has 0 atom stereocenters. The molecule has 6 heteroatoms. The van der Waals surface area contributed by atoms with E-state index in [1.54, 1.807) is 4.31 Å². The van der Waals surface area contributed by atoms with E-state index in [0.717, 1.165) is 26.2 Å². The molecule has 0 aliphatic carbocycles. The molecule has 0 radical (unpaired) electrons. The molecule has 2 aliphatic heterocycles. The normalized spacial score (nSPS) is 21.1. The van der Waals surface area contributed by atoms with Crippen molar-refractivity contribution in [2.45, 2.75) is 19.3 Å². The molecule has 2 fully saturated rings. The Hall–Kier alpha value is -1.27. The van der Waals surface area contributed by atoms with Crippen molar-refractivity contribution in [1.29, 1.82) is 0 Å². The molecule has 1 aromatic rings. The molecule has 0 N–H and O–H groups in total. The van der Waals surface area contributed by atoms with Crippen LogP contribution in [0.2, 0.25) is 0 Å². The number of nitrogens with zero attached hydrogens (tertiary/aromatic N) is 3. The maximum Gasteiger partial charge on any atom is 0.211 e. The standard InChI is InChI=1S/C16H25N3O2S/c1-22(20,21)19-13-11-18(12-14-19)16-7-5-15(6-8-16)17-9-3-2-4-10-17/h5-8H,2-4,9-14H2,1H3. The van der Waals surface area contributed by atoms with Crippen molar-refractivity contribution in [1.82, 2.24) is 4.31 Å². The van der Waals surface area contributed by atoms with E-state index in [0.29, 0.717) is 13.1 Å². The third-order valence-corrected chi connectivity index (χ3v) is 5.95. The summed E-state index contributed by atoms with van der Waals surface area (Å²) in [5.74, 6) is 0. The van der Waals surface area contributed by atoms with Gasteiger partial charge in [-0.1, -0.05) is 0 Å². The molecule has 22 heavy (non-hydrogen) atoms. The van der Waals surface area contributed by atoms with Gasteiger partial charge in [0.1, 0.15) is 0 Å². The maximum absolute atomic E-state index is 11.6. The number of benzene rings is 1. The summed E-state index contributed by atoms with van der Waals surface area (Å²) in [4.78, 5) is 4.72. The molecule has 2 saturated heterocycles. The third kappa shape index (κ3) is 3.55. The summed E-state index contributed by atoms with van der Waals surface area (Å²) in [5, 5.41) is 0. The van der Waals surface area contributed by atoms with Crippen molar-refractivity contribution >= 4 is 21.4 Å². The van der Waals surface area contributed by atoms with Crippen molar-refractivity contribution in [3.05, 3.63) is 24.3 Å². The fourth-order valence-corrected chi connectivity index (χ4v) is 4.13. The summed E-state index contributed by atoms with van der Waals surface area (Å²) in [5.41, 5.74) is 2.49. The number of sulfonamides is 1. The summed E-state index contributed by atoms with van der Waals surface area (Å²) >= 11 is 0. The van der Waals surface area contributed by atoms with Gasteiger partial charge in [-0.05, 0) is 43.5 Å². The lowest BCUT2D eigenvalue weighted by molar-refractivity contribution is 0.388. The third-order valence-electron chi connectivity index (χ3n) is 4.64. The van der Waals surface area contributed by atoms with E-state index in [9.17, 15) is 8.42 Å². The van der Waals surface area contributed by atoms with Gasteiger partial charge in [0.25, 0.3) is 0 Å². The minimum Gasteiger partial charge on any atom is -0.372 e. The van der Waals surface area contributed by atoms with Gasteiger partial charge < -0.3 is 9.80 Å². The highest BCUT2D eigenvalue weighted by atomic mass is 32.2. The number of piperazine rings is 1. The summed E-state index contributed by atoms with van der Waals surface area (Å²) in [6, 6.07) is 8.73. The van der Waals surface area contributed by atoms with Crippen molar-refractivity contribution in [2.75, 3.05) is 55.3 Å². The van der Waals surface area contributed by atoms with Gasteiger partial charge in [0, 0.05) is 50.6 Å². The fraction of sp³-hybridized carbons (Fsp3) is 0.625. The van der Waals surface area contributed by atoms with Gasteiger partial charge in [-0.15, -0.1) is 0 Å². The maximum atomic E-state index is 11.6. The molecule has 0 bridgehead atoms. The van der Waals surface area contributed by atoms with Gasteiger partial charge in [-0.2, -0.15) is 4.31 Å². The van der Waals surface area contributed by atoms with E-state index >= 15 is 0 Å². The summed E-state index contributed by atoms with van der Waals surface area (Å²) in [6.07, 6.45) is 5.21. The van der Waals surface area contributed by atoms with E-state index in [1.807, 2.05) is 0 Å². The molecule has 0 aromatic heterocycles. The Morgan fingerprint density at radius 1 is 0.727 bits per heavy atom. The van der Waals surface area contributed by atoms with Crippen molar-refractivity contribution in [3.63, 3.8) is 0 Å². The molecular formula is C16H25N3O2S. The lowest BCUT2D eigenvalue weighted by Crippen LogP contribution is -2.48. The van der Waals surface area contributed by atoms with Gasteiger partial charge in [-0.25, -0.2) is 8.42 Å². The van der Waals surface area contributed by atoms with Crippen molar-refractivity contribution in [3.8, 4) is 0 Å². The molecule has 0 amide bonds. The molecule has 3 rings (SSSR count). The van der Waals surface area contributed by atoms with Crippen LogP contribution < -0.4 is 9.80 Å². The van der Waals surface area contributed by atoms with Gasteiger partial charge in [0.2, 0.25) is 10.0 Å². The first-order valence-corrected chi connectivity index (χ1v) is 9.94. The van der Waals surface area contributed by atoms with Crippen LogP contribution in [0, 0.1) is 0 Å². The molecule has 2 heterocycles. The zero-order valence-corrected chi connectivity index (χ0v) is 14.1. The van der Waals surface area contributed by atoms with Crippen LogP contribution in [0.25, 0.3) is 0 Å². The van der Waals surface area contributed by atoms with Gasteiger partial charge >= 0.3 is 0 Å².